The number of hydrogen-bond donors (Lipinski definition) is 5. The molecule has 9 heteroatoms. The maximum absolute atomic E-state index is 12.6. The Morgan fingerprint density at radius 2 is 1.06 bits per heavy atom. The average molecular weight is 484 g/mol. The van der Waals surface area contributed by atoms with E-state index in [0.29, 0.717) is 19.3 Å². The summed E-state index contributed by atoms with van der Waals surface area (Å²) in [6.07, 6.45) is 7.07. The Morgan fingerprint density at radius 1 is 0.588 bits per heavy atom. The van der Waals surface area contributed by atoms with E-state index in [4.69, 9.17) is 0 Å². The number of carbonyl (C=O) groups excluding carboxylic acids is 4. The molecular formula is C25H49N5O4. The number of rotatable bonds is 22. The zero-order valence-electron chi connectivity index (χ0n) is 22.1. The molecule has 3 atom stereocenters. The van der Waals surface area contributed by atoms with Gasteiger partial charge in [-0.15, -0.1) is 0 Å². The van der Waals surface area contributed by atoms with Gasteiger partial charge in [0.05, 0.1) is 0 Å². The van der Waals surface area contributed by atoms with E-state index >= 15 is 0 Å². The van der Waals surface area contributed by atoms with Crippen LogP contribution in [0.5, 0.6) is 0 Å². The zero-order valence-corrected chi connectivity index (χ0v) is 22.1. The number of Topliss-reactive ketones (excluding diaryl/α,β-unsaturated/α-hetero) is 2. The van der Waals surface area contributed by atoms with Gasteiger partial charge in [-0.3, -0.25) is 19.2 Å². The predicted octanol–water partition coefficient (Wildman–Crippen LogP) is 1.45. The van der Waals surface area contributed by atoms with E-state index in [0.717, 1.165) is 51.6 Å². The zero-order chi connectivity index (χ0) is 25.8. The topological polar surface area (TPSA) is 128 Å². The summed E-state index contributed by atoms with van der Waals surface area (Å²) in [6.45, 7) is 4.88. The highest BCUT2D eigenvalue weighted by atomic mass is 16.2. The summed E-state index contributed by atoms with van der Waals surface area (Å²) >= 11 is 0. The third-order valence-corrected chi connectivity index (χ3v) is 5.82. The Labute approximate surface area is 206 Å². The minimum atomic E-state index is -0.376. The van der Waals surface area contributed by atoms with E-state index in [9.17, 15) is 19.2 Å². The minimum absolute atomic E-state index is 0.0260. The van der Waals surface area contributed by atoms with Crippen molar-refractivity contribution in [3.05, 3.63) is 0 Å². The van der Waals surface area contributed by atoms with Gasteiger partial charge in [0.25, 0.3) is 0 Å². The Kier molecular flexibility index (Phi) is 19.4. The molecule has 34 heavy (non-hydrogen) atoms. The van der Waals surface area contributed by atoms with Crippen LogP contribution >= 0.6 is 0 Å². The predicted molar refractivity (Wildman–Crippen MR) is 137 cm³/mol. The van der Waals surface area contributed by atoms with Gasteiger partial charge in [0.2, 0.25) is 11.8 Å². The molecule has 0 saturated heterocycles. The van der Waals surface area contributed by atoms with Crippen LogP contribution in [0.15, 0.2) is 0 Å². The van der Waals surface area contributed by atoms with Crippen molar-refractivity contribution in [3.63, 3.8) is 0 Å². The second kappa shape index (κ2) is 20.5. The molecule has 2 amide bonds. The summed E-state index contributed by atoms with van der Waals surface area (Å²) in [6, 6.07) is -0.477. The summed E-state index contributed by atoms with van der Waals surface area (Å²) in [5.41, 5.74) is 0. The van der Waals surface area contributed by atoms with Crippen molar-refractivity contribution < 1.29 is 19.2 Å². The van der Waals surface area contributed by atoms with Crippen LogP contribution in [0.3, 0.4) is 0 Å². The molecule has 3 unspecified atom stereocenters. The van der Waals surface area contributed by atoms with Crippen LogP contribution in [0.2, 0.25) is 0 Å². The normalized spacial score (nSPS) is 13.7. The van der Waals surface area contributed by atoms with Crippen molar-refractivity contribution in [2.45, 2.75) is 103 Å². The molecule has 0 rings (SSSR count). The highest BCUT2D eigenvalue weighted by Gasteiger charge is 2.20. The van der Waals surface area contributed by atoms with Crippen LogP contribution in [-0.4, -0.2) is 75.7 Å². The largest absolute Gasteiger partial charge is 0.353 e. The lowest BCUT2D eigenvalue weighted by atomic mass is 10.0. The van der Waals surface area contributed by atoms with E-state index in [2.05, 4.69) is 26.6 Å². The summed E-state index contributed by atoms with van der Waals surface area (Å²) in [7, 11) is 5.67. The highest BCUT2D eigenvalue weighted by molar-refractivity contribution is 5.81. The average Bonchev–Trinajstić information content (AvgIpc) is 2.76. The monoisotopic (exact) mass is 483 g/mol. The van der Waals surface area contributed by atoms with E-state index in [1.165, 1.54) is 13.8 Å². The van der Waals surface area contributed by atoms with Crippen LogP contribution in [0.4, 0.5) is 0 Å². The van der Waals surface area contributed by atoms with Gasteiger partial charge in [-0.25, -0.2) is 0 Å². The van der Waals surface area contributed by atoms with Gasteiger partial charge < -0.3 is 26.6 Å². The lowest BCUT2D eigenvalue weighted by Gasteiger charge is -2.22. The van der Waals surface area contributed by atoms with Gasteiger partial charge in [-0.1, -0.05) is 12.8 Å². The van der Waals surface area contributed by atoms with E-state index in [-0.39, 0.29) is 54.3 Å². The highest BCUT2D eigenvalue weighted by Crippen LogP contribution is 2.10. The molecule has 0 aromatic rings. The van der Waals surface area contributed by atoms with Crippen molar-refractivity contribution in [2.24, 2.45) is 0 Å². The van der Waals surface area contributed by atoms with Crippen LogP contribution < -0.4 is 26.6 Å². The maximum Gasteiger partial charge on any atom is 0.221 e. The summed E-state index contributed by atoms with van der Waals surface area (Å²) in [5, 5.41) is 15.3. The number of amides is 2. The lowest BCUT2D eigenvalue weighted by Crippen LogP contribution is -2.41. The summed E-state index contributed by atoms with van der Waals surface area (Å²) in [4.78, 5) is 48.4. The van der Waals surface area contributed by atoms with Crippen molar-refractivity contribution in [1.82, 2.24) is 26.6 Å². The lowest BCUT2D eigenvalue weighted by molar-refractivity contribution is -0.125. The molecule has 0 aliphatic carbocycles. The third-order valence-electron chi connectivity index (χ3n) is 5.82. The Bertz CT molecular complexity index is 600. The van der Waals surface area contributed by atoms with E-state index < -0.39 is 0 Å². The van der Waals surface area contributed by atoms with Crippen LogP contribution in [0.1, 0.15) is 84.5 Å². The quantitative estimate of drug-likeness (QED) is 0.147. The van der Waals surface area contributed by atoms with Crippen LogP contribution in [-0.2, 0) is 19.2 Å². The first-order valence-electron chi connectivity index (χ1n) is 12.8. The molecule has 0 aliphatic heterocycles. The number of ketones is 2. The SMILES string of the molecule is CNCCCCC(CC(=O)NC(CCC(=O)NC(CCCCNC)CC(C)=O)CC(C)=O)NC. The molecule has 0 spiro atoms. The van der Waals surface area contributed by atoms with Crippen molar-refractivity contribution in [2.75, 3.05) is 34.2 Å². The van der Waals surface area contributed by atoms with Crippen LogP contribution in [0, 0.1) is 0 Å². The van der Waals surface area contributed by atoms with Gasteiger partial charge in [-0.05, 0) is 80.2 Å². The second-order valence-electron chi connectivity index (χ2n) is 9.27. The molecule has 0 aromatic heterocycles. The molecule has 0 radical (unpaired) electrons. The maximum atomic E-state index is 12.6. The molecule has 0 aliphatic rings. The first-order chi connectivity index (χ1) is 16.2. The van der Waals surface area contributed by atoms with Crippen LogP contribution in [0.25, 0.3) is 0 Å². The van der Waals surface area contributed by atoms with Gasteiger partial charge in [0.1, 0.15) is 11.6 Å². The first-order valence-corrected chi connectivity index (χ1v) is 12.8. The fraction of sp³-hybridized carbons (Fsp3) is 0.840. The molecule has 0 bridgehead atoms. The van der Waals surface area contributed by atoms with Gasteiger partial charge in [-0.2, -0.15) is 0 Å². The molecule has 198 valence electrons. The minimum Gasteiger partial charge on any atom is -0.353 e. The Hall–Kier alpha value is -1.84. The number of carbonyl (C=O) groups is 4. The molecule has 0 aromatic carbocycles. The summed E-state index contributed by atoms with van der Waals surface area (Å²) in [5.74, 6) is -0.244. The van der Waals surface area contributed by atoms with Gasteiger partial charge in [0, 0.05) is 43.8 Å². The van der Waals surface area contributed by atoms with Gasteiger partial charge in [0.15, 0.2) is 0 Å². The fourth-order valence-corrected chi connectivity index (χ4v) is 3.99. The summed E-state index contributed by atoms with van der Waals surface area (Å²) < 4.78 is 0. The molecule has 0 saturated carbocycles. The number of hydrogen-bond acceptors (Lipinski definition) is 7. The van der Waals surface area contributed by atoms with Gasteiger partial charge >= 0.3 is 0 Å². The smallest absolute Gasteiger partial charge is 0.221 e. The standard InChI is InChI=1S/C25H49N5O4/c1-19(31)16-22(11-7-9-15-27-4)29-24(33)13-12-23(17-20(2)32)30-25(34)18-21(28-5)10-6-8-14-26-3/h21-23,26-28H,6-18H2,1-5H3,(H,29,33)(H,30,34). The molecule has 5 N–H and O–H groups in total. The fourth-order valence-electron chi connectivity index (χ4n) is 3.99. The molecule has 0 heterocycles. The van der Waals surface area contributed by atoms with Crippen molar-refractivity contribution in [3.8, 4) is 0 Å². The van der Waals surface area contributed by atoms with E-state index in [1.54, 1.807) is 0 Å². The van der Waals surface area contributed by atoms with Crippen molar-refractivity contribution >= 4 is 23.4 Å². The molecule has 0 fully saturated rings. The second-order valence-corrected chi connectivity index (χ2v) is 9.27. The Morgan fingerprint density at radius 3 is 1.53 bits per heavy atom. The van der Waals surface area contributed by atoms with Crippen molar-refractivity contribution in [1.29, 1.82) is 0 Å². The molecular weight excluding hydrogens is 434 g/mol. The third kappa shape index (κ3) is 18.6. The van der Waals surface area contributed by atoms with E-state index in [1.807, 2.05) is 21.1 Å². The first kappa shape index (κ1) is 32.2. The molecule has 9 nitrogen and oxygen atoms in total. The number of unbranched alkanes of at least 4 members (excludes halogenated alkanes) is 2. The Balaban J connectivity index is 4.68. The number of nitrogens with one attached hydrogen (secondary N) is 5.